The maximum absolute atomic E-state index is 12.4. The number of halogens is 1. The van der Waals surface area contributed by atoms with E-state index in [4.69, 9.17) is 9.84 Å². The van der Waals surface area contributed by atoms with Crippen molar-refractivity contribution >= 4 is 39.6 Å². The second kappa shape index (κ2) is 11.6. The van der Waals surface area contributed by atoms with Crippen molar-refractivity contribution in [3.63, 3.8) is 0 Å². The maximum atomic E-state index is 12.4. The molecule has 0 saturated heterocycles. The summed E-state index contributed by atoms with van der Waals surface area (Å²) >= 11 is 3.46. The SMILES string of the molecule is CC(C)c1ccccc1NC(=O)COC(=O)/C=C/c1cn(-c2ccccc2)nc1-c1ccc(Br)cc1. The van der Waals surface area contributed by atoms with E-state index >= 15 is 0 Å². The van der Waals surface area contributed by atoms with Crippen LogP contribution < -0.4 is 5.32 Å². The van der Waals surface area contributed by atoms with Crippen LogP contribution in [0.1, 0.15) is 30.9 Å². The largest absolute Gasteiger partial charge is 0.452 e. The Balaban J connectivity index is 1.46. The molecule has 36 heavy (non-hydrogen) atoms. The van der Waals surface area contributed by atoms with Crippen LogP contribution in [0, 0.1) is 0 Å². The van der Waals surface area contributed by atoms with Gasteiger partial charge in [-0.3, -0.25) is 4.79 Å². The zero-order valence-corrected chi connectivity index (χ0v) is 21.6. The Morgan fingerprint density at radius 2 is 1.69 bits per heavy atom. The summed E-state index contributed by atoms with van der Waals surface area (Å²) in [6.07, 6.45) is 4.81. The fraction of sp³-hybridized carbons (Fsp3) is 0.138. The number of anilines is 1. The van der Waals surface area contributed by atoms with Crippen molar-refractivity contribution in [2.24, 2.45) is 0 Å². The highest BCUT2D eigenvalue weighted by Crippen LogP contribution is 2.26. The molecule has 182 valence electrons. The number of amides is 1. The molecule has 3 aromatic carbocycles. The van der Waals surface area contributed by atoms with E-state index < -0.39 is 11.9 Å². The van der Waals surface area contributed by atoms with Gasteiger partial charge in [0.05, 0.1) is 11.4 Å². The van der Waals surface area contributed by atoms with E-state index in [1.165, 1.54) is 6.08 Å². The van der Waals surface area contributed by atoms with Gasteiger partial charge in [-0.2, -0.15) is 5.10 Å². The van der Waals surface area contributed by atoms with E-state index in [1.54, 1.807) is 10.8 Å². The van der Waals surface area contributed by atoms with E-state index in [0.29, 0.717) is 0 Å². The maximum Gasteiger partial charge on any atom is 0.331 e. The molecule has 0 aliphatic rings. The van der Waals surface area contributed by atoms with Crippen LogP contribution in [0.15, 0.2) is 95.6 Å². The van der Waals surface area contributed by atoms with Gasteiger partial charge in [0.25, 0.3) is 5.91 Å². The van der Waals surface area contributed by atoms with Crippen molar-refractivity contribution in [1.82, 2.24) is 9.78 Å². The summed E-state index contributed by atoms with van der Waals surface area (Å²) in [5.41, 5.74) is 5.01. The molecule has 7 heteroatoms. The number of rotatable bonds is 8. The number of aromatic nitrogens is 2. The summed E-state index contributed by atoms with van der Waals surface area (Å²) in [4.78, 5) is 24.8. The van der Waals surface area contributed by atoms with Crippen LogP contribution in [-0.4, -0.2) is 28.3 Å². The zero-order valence-electron chi connectivity index (χ0n) is 20.0. The fourth-order valence-electron chi connectivity index (χ4n) is 3.70. The fourth-order valence-corrected chi connectivity index (χ4v) is 3.96. The molecule has 0 fully saturated rings. The van der Waals surface area contributed by atoms with Gasteiger partial charge in [-0.1, -0.05) is 78.3 Å². The summed E-state index contributed by atoms with van der Waals surface area (Å²) in [6, 6.07) is 25.1. The van der Waals surface area contributed by atoms with Gasteiger partial charge in [0.1, 0.15) is 0 Å². The number of ether oxygens (including phenoxy) is 1. The van der Waals surface area contributed by atoms with Crippen LogP contribution in [0.25, 0.3) is 23.0 Å². The molecule has 0 spiro atoms. The summed E-state index contributed by atoms with van der Waals surface area (Å²) in [5.74, 6) is -0.752. The molecular weight excluding hydrogens is 518 g/mol. The Hall–Kier alpha value is -3.97. The smallest absolute Gasteiger partial charge is 0.331 e. The molecule has 0 atom stereocenters. The molecule has 1 heterocycles. The van der Waals surface area contributed by atoms with E-state index in [-0.39, 0.29) is 12.5 Å². The topological polar surface area (TPSA) is 73.2 Å². The first kappa shape index (κ1) is 25.1. The highest BCUT2D eigenvalue weighted by Gasteiger charge is 2.13. The summed E-state index contributed by atoms with van der Waals surface area (Å²) in [5, 5.41) is 7.56. The number of hydrogen-bond donors (Lipinski definition) is 1. The van der Waals surface area contributed by atoms with Crippen LogP contribution in [0.4, 0.5) is 5.69 Å². The minimum atomic E-state index is -0.614. The Labute approximate surface area is 218 Å². The van der Waals surface area contributed by atoms with Crippen LogP contribution in [-0.2, 0) is 14.3 Å². The van der Waals surface area contributed by atoms with Gasteiger partial charge >= 0.3 is 5.97 Å². The standard InChI is InChI=1S/C29H26BrN3O3/c1-20(2)25-10-6-7-11-26(25)31-27(34)19-36-28(35)17-14-22-18-33(24-8-4-3-5-9-24)32-29(22)21-12-15-23(30)16-13-21/h3-18,20H,19H2,1-2H3,(H,31,34)/b17-14+. The first-order valence-corrected chi connectivity index (χ1v) is 12.3. The van der Waals surface area contributed by atoms with E-state index in [2.05, 4.69) is 35.1 Å². The van der Waals surface area contributed by atoms with Gasteiger partial charge in [-0.15, -0.1) is 0 Å². The predicted octanol–water partition coefficient (Wildman–Crippen LogP) is 6.62. The van der Waals surface area contributed by atoms with Gasteiger partial charge in [-0.25, -0.2) is 9.48 Å². The molecular formula is C29H26BrN3O3. The van der Waals surface area contributed by atoms with Crippen LogP contribution in [0.2, 0.25) is 0 Å². The van der Waals surface area contributed by atoms with Gasteiger partial charge < -0.3 is 10.1 Å². The summed E-state index contributed by atoms with van der Waals surface area (Å²) in [6.45, 7) is 3.73. The third-order valence-electron chi connectivity index (χ3n) is 5.48. The Kier molecular flexibility index (Phi) is 8.13. The lowest BCUT2D eigenvalue weighted by molar-refractivity contribution is -0.142. The number of carbonyl (C=O) groups excluding carboxylic acids is 2. The third-order valence-corrected chi connectivity index (χ3v) is 6.01. The second-order valence-electron chi connectivity index (χ2n) is 8.45. The van der Waals surface area contributed by atoms with Crippen molar-refractivity contribution in [3.8, 4) is 16.9 Å². The zero-order chi connectivity index (χ0) is 25.5. The van der Waals surface area contributed by atoms with Crippen LogP contribution in [0.3, 0.4) is 0 Å². The molecule has 4 rings (SSSR count). The lowest BCUT2D eigenvalue weighted by Gasteiger charge is -2.13. The van der Waals surface area contributed by atoms with Gasteiger partial charge in [0.15, 0.2) is 6.61 Å². The Morgan fingerprint density at radius 3 is 2.42 bits per heavy atom. The molecule has 0 unspecified atom stereocenters. The first-order valence-electron chi connectivity index (χ1n) is 11.6. The van der Waals surface area contributed by atoms with Gasteiger partial charge in [-0.05, 0) is 47.9 Å². The minimum absolute atomic E-state index is 0.253. The molecule has 4 aromatic rings. The van der Waals surface area contributed by atoms with E-state index in [9.17, 15) is 9.59 Å². The number of nitrogens with one attached hydrogen (secondary N) is 1. The highest BCUT2D eigenvalue weighted by atomic mass is 79.9. The van der Waals surface area contributed by atoms with E-state index in [0.717, 1.165) is 38.2 Å². The number of benzene rings is 3. The summed E-state index contributed by atoms with van der Waals surface area (Å²) < 4.78 is 7.91. The van der Waals surface area contributed by atoms with Crippen LogP contribution in [0.5, 0.6) is 0 Å². The Bertz CT molecular complexity index is 1380. The third kappa shape index (κ3) is 6.37. The lowest BCUT2D eigenvalue weighted by Crippen LogP contribution is -2.21. The van der Waals surface area contributed by atoms with Gasteiger partial charge in [0, 0.05) is 33.6 Å². The monoisotopic (exact) mass is 543 g/mol. The van der Waals surface area contributed by atoms with Crippen molar-refractivity contribution in [2.75, 3.05) is 11.9 Å². The molecule has 1 amide bonds. The highest BCUT2D eigenvalue weighted by molar-refractivity contribution is 9.10. The molecule has 0 radical (unpaired) electrons. The quantitative estimate of drug-likeness (QED) is 0.200. The molecule has 1 N–H and O–H groups in total. The molecule has 6 nitrogen and oxygen atoms in total. The average molecular weight is 544 g/mol. The van der Waals surface area contributed by atoms with Crippen molar-refractivity contribution in [1.29, 1.82) is 0 Å². The lowest BCUT2D eigenvalue weighted by atomic mass is 10.0. The predicted molar refractivity (Wildman–Crippen MR) is 146 cm³/mol. The molecule has 0 bridgehead atoms. The molecule has 0 aliphatic heterocycles. The first-order chi connectivity index (χ1) is 17.4. The number of hydrogen-bond acceptors (Lipinski definition) is 4. The van der Waals surface area contributed by atoms with E-state index in [1.807, 2.05) is 85.1 Å². The van der Waals surface area contributed by atoms with Crippen LogP contribution >= 0.6 is 15.9 Å². The number of para-hydroxylation sites is 2. The van der Waals surface area contributed by atoms with Crippen molar-refractivity contribution in [3.05, 3.63) is 107 Å². The number of nitrogens with zero attached hydrogens (tertiary/aromatic N) is 2. The van der Waals surface area contributed by atoms with Crippen molar-refractivity contribution in [2.45, 2.75) is 19.8 Å². The number of esters is 1. The number of carbonyl (C=O) groups is 2. The summed E-state index contributed by atoms with van der Waals surface area (Å²) in [7, 11) is 0. The minimum Gasteiger partial charge on any atom is -0.452 e. The molecule has 0 saturated carbocycles. The second-order valence-corrected chi connectivity index (χ2v) is 9.37. The average Bonchev–Trinajstić information content (AvgIpc) is 3.32. The Morgan fingerprint density at radius 1 is 1.00 bits per heavy atom. The normalized spacial score (nSPS) is 11.1. The molecule has 1 aromatic heterocycles. The van der Waals surface area contributed by atoms with Gasteiger partial charge in [0.2, 0.25) is 0 Å². The van der Waals surface area contributed by atoms with Crippen molar-refractivity contribution < 1.29 is 14.3 Å². The molecule has 0 aliphatic carbocycles.